The number of benzene rings is 2. The SMILES string of the molecule is CO[C@@H]1[C@@H](n2cc(-c3cc(F)c(Br)c(F)c3)nn2)[C@@H](O)[C@@H](CO)O[C@H]1C(=O)N(c1cc(Br)cc(C#N)c1)[C@H]1CC[C@@H]1O. The molecule has 1 aliphatic heterocycles. The van der Waals surface area contributed by atoms with Gasteiger partial charge in [0.1, 0.15) is 41.7 Å². The molecule has 2 aromatic carbocycles. The highest BCUT2D eigenvalue weighted by Gasteiger charge is 2.52. The van der Waals surface area contributed by atoms with E-state index in [2.05, 4.69) is 42.2 Å². The molecule has 0 radical (unpaired) electrons. The first-order chi connectivity index (χ1) is 20.1. The highest BCUT2D eigenvalue weighted by molar-refractivity contribution is 9.10. The Kier molecular flexibility index (Phi) is 9.05. The van der Waals surface area contributed by atoms with Crippen LogP contribution in [0.2, 0.25) is 0 Å². The van der Waals surface area contributed by atoms with Gasteiger partial charge in [-0.2, -0.15) is 5.26 Å². The minimum Gasteiger partial charge on any atom is -0.394 e. The van der Waals surface area contributed by atoms with Crippen molar-refractivity contribution in [2.75, 3.05) is 18.6 Å². The molecule has 1 aromatic heterocycles. The van der Waals surface area contributed by atoms with Crippen LogP contribution in [0.15, 0.2) is 45.5 Å². The molecule has 3 aromatic rings. The van der Waals surface area contributed by atoms with E-state index in [0.29, 0.717) is 23.0 Å². The fraction of sp³-hybridized carbons (Fsp3) is 0.407. The molecular formula is C27H25Br2F2N5O6. The van der Waals surface area contributed by atoms with E-state index in [4.69, 9.17) is 9.47 Å². The van der Waals surface area contributed by atoms with E-state index in [1.807, 2.05) is 6.07 Å². The quantitative estimate of drug-likeness (QED) is 0.314. The first kappa shape index (κ1) is 30.6. The van der Waals surface area contributed by atoms with Crippen LogP contribution in [0, 0.1) is 23.0 Å². The van der Waals surface area contributed by atoms with Gasteiger partial charge in [-0.3, -0.25) is 4.79 Å². The number of aromatic nitrogens is 3. The van der Waals surface area contributed by atoms with E-state index in [1.54, 1.807) is 12.1 Å². The van der Waals surface area contributed by atoms with E-state index in [1.165, 1.54) is 29.0 Å². The molecule has 0 unspecified atom stereocenters. The number of anilines is 1. The Hall–Kier alpha value is -2.84. The molecular weight excluding hydrogens is 688 g/mol. The normalized spacial score (nSPS) is 27.3. The van der Waals surface area contributed by atoms with Crippen LogP contribution in [0.1, 0.15) is 24.4 Å². The van der Waals surface area contributed by atoms with Crippen molar-refractivity contribution < 1.29 is 38.4 Å². The molecule has 11 nitrogen and oxygen atoms in total. The molecule has 2 fully saturated rings. The number of hydrogen-bond donors (Lipinski definition) is 3. The standard InChI is InChI=1S/C27H25Br2F2N5O6/c1-41-25-23(35-10-18(33-34-35)13-6-16(30)22(29)17(31)7-13)24(39)21(11-37)42-26(25)27(40)36(19-2-3-20(19)38)15-5-12(9-32)4-14(28)8-15/h4-8,10,19-21,23-26,37-39H,2-3,11H2,1H3/t19-,20-,21+,23-,24-,25+,26+/m0/s1. The molecule has 0 bridgehead atoms. The van der Waals surface area contributed by atoms with Crippen molar-refractivity contribution in [1.29, 1.82) is 5.26 Å². The average Bonchev–Trinajstić information content (AvgIpc) is 3.46. The predicted octanol–water partition coefficient (Wildman–Crippen LogP) is 2.85. The Morgan fingerprint density at radius 1 is 1.21 bits per heavy atom. The second kappa shape index (κ2) is 12.4. The lowest BCUT2D eigenvalue weighted by Crippen LogP contribution is -2.64. The molecule has 0 spiro atoms. The van der Waals surface area contributed by atoms with Crippen LogP contribution in [0.5, 0.6) is 0 Å². The number of aliphatic hydroxyl groups is 3. The maximum Gasteiger partial charge on any atom is 0.259 e. The minimum atomic E-state index is -1.43. The number of aliphatic hydroxyl groups excluding tert-OH is 3. The second-order valence-corrected chi connectivity index (χ2v) is 11.7. The average molecular weight is 713 g/mol. The van der Waals surface area contributed by atoms with Gasteiger partial charge in [0.25, 0.3) is 5.91 Å². The zero-order valence-electron chi connectivity index (χ0n) is 21.9. The maximum absolute atomic E-state index is 14.3. The van der Waals surface area contributed by atoms with Crippen LogP contribution in [-0.2, 0) is 14.3 Å². The van der Waals surface area contributed by atoms with E-state index >= 15 is 0 Å². The summed E-state index contributed by atoms with van der Waals surface area (Å²) in [7, 11) is 1.31. The van der Waals surface area contributed by atoms with Crippen molar-refractivity contribution in [2.45, 2.75) is 55.4 Å². The van der Waals surface area contributed by atoms with Crippen LogP contribution >= 0.6 is 31.9 Å². The molecule has 2 heterocycles. The molecule has 7 atom stereocenters. The van der Waals surface area contributed by atoms with Gasteiger partial charge in [0.05, 0.1) is 41.1 Å². The highest BCUT2D eigenvalue weighted by atomic mass is 79.9. The minimum absolute atomic E-state index is 0.0781. The Labute approximate surface area is 255 Å². The van der Waals surface area contributed by atoms with Gasteiger partial charge in [0, 0.05) is 22.8 Å². The van der Waals surface area contributed by atoms with Gasteiger partial charge in [-0.25, -0.2) is 13.5 Å². The number of nitrogens with zero attached hydrogens (tertiary/aromatic N) is 5. The largest absolute Gasteiger partial charge is 0.394 e. The van der Waals surface area contributed by atoms with Crippen LogP contribution in [0.25, 0.3) is 11.3 Å². The molecule has 1 amide bonds. The number of amides is 1. The van der Waals surface area contributed by atoms with Crippen molar-refractivity contribution in [3.63, 3.8) is 0 Å². The number of carbonyl (C=O) groups excluding carboxylic acids is 1. The number of ether oxygens (including phenoxy) is 2. The summed E-state index contributed by atoms with van der Waals surface area (Å²) in [6, 6.07) is 7.13. The van der Waals surface area contributed by atoms with Gasteiger partial charge in [-0.1, -0.05) is 21.1 Å². The third kappa shape index (κ3) is 5.60. The van der Waals surface area contributed by atoms with Gasteiger partial charge < -0.3 is 29.7 Å². The Morgan fingerprint density at radius 3 is 2.50 bits per heavy atom. The van der Waals surface area contributed by atoms with Crippen LogP contribution < -0.4 is 4.90 Å². The molecule has 1 saturated heterocycles. The summed E-state index contributed by atoms with van der Waals surface area (Å²) >= 11 is 6.19. The molecule has 42 heavy (non-hydrogen) atoms. The van der Waals surface area contributed by atoms with Crippen molar-refractivity contribution in [3.8, 4) is 17.3 Å². The molecule has 1 aliphatic carbocycles. The first-order valence-electron chi connectivity index (χ1n) is 12.8. The summed E-state index contributed by atoms with van der Waals surface area (Å²) in [5.41, 5.74) is 0.763. The third-order valence-corrected chi connectivity index (χ3v) is 8.75. The number of carbonyl (C=O) groups is 1. The van der Waals surface area contributed by atoms with Crippen molar-refractivity contribution in [2.24, 2.45) is 0 Å². The summed E-state index contributed by atoms with van der Waals surface area (Å²) in [5, 5.41) is 49.3. The fourth-order valence-corrected chi connectivity index (χ4v) is 5.99. The highest BCUT2D eigenvalue weighted by Crippen LogP contribution is 2.38. The third-order valence-electron chi connectivity index (χ3n) is 7.54. The number of rotatable bonds is 7. The Balaban J connectivity index is 1.54. The van der Waals surface area contributed by atoms with Gasteiger partial charge in [-0.05, 0) is 59.1 Å². The zero-order valence-corrected chi connectivity index (χ0v) is 25.1. The monoisotopic (exact) mass is 711 g/mol. The van der Waals surface area contributed by atoms with Crippen LogP contribution in [-0.4, -0.2) is 86.5 Å². The maximum atomic E-state index is 14.3. The van der Waals surface area contributed by atoms with E-state index in [9.17, 15) is 34.2 Å². The smallest absolute Gasteiger partial charge is 0.259 e. The lowest BCUT2D eigenvalue weighted by molar-refractivity contribution is -0.211. The first-order valence-corrected chi connectivity index (χ1v) is 14.4. The van der Waals surface area contributed by atoms with Crippen LogP contribution in [0.3, 0.4) is 0 Å². The lowest BCUT2D eigenvalue weighted by atomic mass is 9.85. The number of halogens is 4. The molecule has 5 rings (SSSR count). The molecule has 3 N–H and O–H groups in total. The molecule has 1 saturated carbocycles. The zero-order chi connectivity index (χ0) is 30.3. The predicted molar refractivity (Wildman–Crippen MR) is 150 cm³/mol. The van der Waals surface area contributed by atoms with Crippen molar-refractivity contribution in [1.82, 2.24) is 15.0 Å². The van der Waals surface area contributed by atoms with Crippen molar-refractivity contribution >= 4 is 43.5 Å². The second-order valence-electron chi connectivity index (χ2n) is 10.0. The summed E-state index contributed by atoms with van der Waals surface area (Å²) < 4.78 is 41.4. The molecule has 15 heteroatoms. The Bertz CT molecular complexity index is 1510. The van der Waals surface area contributed by atoms with Gasteiger partial charge >= 0.3 is 0 Å². The van der Waals surface area contributed by atoms with Gasteiger partial charge in [-0.15, -0.1) is 5.10 Å². The number of nitriles is 1. The molecule has 222 valence electrons. The summed E-state index contributed by atoms with van der Waals surface area (Å²) in [4.78, 5) is 15.6. The van der Waals surface area contributed by atoms with Gasteiger partial charge in [0.15, 0.2) is 6.10 Å². The molecule has 2 aliphatic rings. The lowest BCUT2D eigenvalue weighted by Gasteiger charge is -2.47. The van der Waals surface area contributed by atoms with E-state index in [0.717, 1.165) is 12.1 Å². The fourth-order valence-electron chi connectivity index (χ4n) is 5.28. The van der Waals surface area contributed by atoms with Crippen LogP contribution in [0.4, 0.5) is 14.5 Å². The topological polar surface area (TPSA) is 154 Å². The summed E-state index contributed by atoms with van der Waals surface area (Å²) in [6.07, 6.45) is -3.84. The van der Waals surface area contributed by atoms with E-state index in [-0.39, 0.29) is 21.3 Å². The Morgan fingerprint density at radius 2 is 1.93 bits per heavy atom. The van der Waals surface area contributed by atoms with Gasteiger partial charge in [0.2, 0.25) is 0 Å². The number of hydrogen-bond acceptors (Lipinski definition) is 9. The summed E-state index contributed by atoms with van der Waals surface area (Å²) in [6.45, 7) is -0.663. The number of methoxy groups -OCH3 is 1. The van der Waals surface area contributed by atoms with E-state index < -0.39 is 66.8 Å². The van der Waals surface area contributed by atoms with Crippen molar-refractivity contribution in [3.05, 3.63) is 62.7 Å². The summed E-state index contributed by atoms with van der Waals surface area (Å²) in [5.74, 6) is -2.34.